The van der Waals surface area contributed by atoms with E-state index < -0.39 is 6.10 Å². The zero-order chi connectivity index (χ0) is 14.7. The minimum absolute atomic E-state index is 0.234. The fourth-order valence-corrected chi connectivity index (χ4v) is 2.36. The summed E-state index contributed by atoms with van der Waals surface area (Å²) in [5.41, 5.74) is 6.09. The lowest BCUT2D eigenvalue weighted by Crippen LogP contribution is -2.31. The van der Waals surface area contributed by atoms with Crippen molar-refractivity contribution in [1.82, 2.24) is 0 Å². The number of furan rings is 1. The zero-order valence-corrected chi connectivity index (χ0v) is 13.0. The predicted molar refractivity (Wildman–Crippen MR) is 79.2 cm³/mol. The van der Waals surface area contributed by atoms with Crippen molar-refractivity contribution in [2.24, 2.45) is 5.73 Å². The van der Waals surface area contributed by atoms with E-state index in [4.69, 9.17) is 14.9 Å². The molecule has 2 N–H and O–H groups in total. The molecule has 0 aliphatic rings. The fourth-order valence-electron chi connectivity index (χ4n) is 1.92. The van der Waals surface area contributed by atoms with Crippen molar-refractivity contribution in [2.45, 2.75) is 32.4 Å². The van der Waals surface area contributed by atoms with Crippen LogP contribution in [-0.4, -0.2) is 6.04 Å². The van der Waals surface area contributed by atoms with Gasteiger partial charge in [0.05, 0.1) is 0 Å². The highest BCUT2D eigenvalue weighted by atomic mass is 79.9. The third kappa shape index (κ3) is 3.61. The topological polar surface area (TPSA) is 48.4 Å². The van der Waals surface area contributed by atoms with Crippen LogP contribution >= 0.6 is 15.9 Å². The summed E-state index contributed by atoms with van der Waals surface area (Å²) in [6.07, 6.45) is 0.281. The molecule has 0 saturated heterocycles. The monoisotopic (exact) mass is 341 g/mol. The van der Waals surface area contributed by atoms with Gasteiger partial charge in [-0.25, -0.2) is 4.39 Å². The van der Waals surface area contributed by atoms with Crippen LogP contribution in [0.5, 0.6) is 5.75 Å². The van der Waals surface area contributed by atoms with E-state index in [0.29, 0.717) is 16.0 Å². The van der Waals surface area contributed by atoms with Crippen molar-refractivity contribution in [3.63, 3.8) is 0 Å². The van der Waals surface area contributed by atoms with Gasteiger partial charge in [-0.15, -0.1) is 0 Å². The normalized spacial score (nSPS) is 14.1. The first-order chi connectivity index (χ1) is 9.49. The maximum atomic E-state index is 13.4. The van der Waals surface area contributed by atoms with Crippen LogP contribution in [0.1, 0.15) is 31.0 Å². The van der Waals surface area contributed by atoms with Crippen molar-refractivity contribution < 1.29 is 13.5 Å². The Morgan fingerprint density at radius 1 is 1.35 bits per heavy atom. The second kappa shape index (κ2) is 6.41. The summed E-state index contributed by atoms with van der Waals surface area (Å²) in [6.45, 7) is 3.83. The van der Waals surface area contributed by atoms with Crippen molar-refractivity contribution in [3.05, 3.63) is 52.1 Å². The van der Waals surface area contributed by atoms with Gasteiger partial charge >= 0.3 is 0 Å². The summed E-state index contributed by atoms with van der Waals surface area (Å²) in [5, 5.41) is 0. The molecule has 20 heavy (non-hydrogen) atoms. The minimum atomic E-state index is -0.442. The van der Waals surface area contributed by atoms with Crippen molar-refractivity contribution in [2.75, 3.05) is 0 Å². The van der Waals surface area contributed by atoms with Crippen molar-refractivity contribution in [1.29, 1.82) is 0 Å². The number of nitrogens with two attached hydrogens (primary N) is 1. The van der Waals surface area contributed by atoms with E-state index in [-0.39, 0.29) is 11.9 Å². The largest absolute Gasteiger partial charge is 0.481 e. The lowest BCUT2D eigenvalue weighted by Gasteiger charge is -2.22. The van der Waals surface area contributed by atoms with Crippen LogP contribution in [0.25, 0.3) is 0 Å². The Labute approximate surface area is 126 Å². The predicted octanol–water partition coefficient (Wildman–Crippen LogP) is 4.35. The summed E-state index contributed by atoms with van der Waals surface area (Å²) in [4.78, 5) is 0. The molecule has 1 heterocycles. The van der Waals surface area contributed by atoms with Gasteiger partial charge in [0, 0.05) is 16.6 Å². The quantitative estimate of drug-likeness (QED) is 0.879. The Balaban J connectivity index is 2.28. The van der Waals surface area contributed by atoms with E-state index in [1.54, 1.807) is 6.07 Å². The first kappa shape index (κ1) is 15.1. The lowest BCUT2D eigenvalue weighted by atomic mass is 10.1. The van der Waals surface area contributed by atoms with E-state index in [0.717, 1.165) is 12.2 Å². The van der Waals surface area contributed by atoms with E-state index >= 15 is 0 Å². The van der Waals surface area contributed by atoms with Gasteiger partial charge in [-0.2, -0.15) is 0 Å². The molecule has 0 aliphatic heterocycles. The second-order valence-electron chi connectivity index (χ2n) is 4.66. The Bertz CT molecular complexity index is 565. The van der Waals surface area contributed by atoms with Gasteiger partial charge in [-0.3, -0.25) is 0 Å². The van der Waals surface area contributed by atoms with Crippen LogP contribution in [0.15, 0.2) is 39.2 Å². The smallest absolute Gasteiger partial charge is 0.171 e. The molecule has 1 aromatic heterocycles. The van der Waals surface area contributed by atoms with Crippen LogP contribution in [0.2, 0.25) is 0 Å². The number of benzene rings is 1. The van der Waals surface area contributed by atoms with E-state index in [2.05, 4.69) is 15.9 Å². The maximum Gasteiger partial charge on any atom is 0.171 e. The number of hydrogen-bond acceptors (Lipinski definition) is 3. The molecular formula is C15H17BrFNO2. The van der Waals surface area contributed by atoms with Crippen LogP contribution in [-0.2, 0) is 0 Å². The SMILES string of the molecule is CCC(N)C(Oc1cc(F)cc(Br)c1)c1ccc(C)o1. The van der Waals surface area contributed by atoms with Gasteiger partial charge in [0.25, 0.3) is 0 Å². The summed E-state index contributed by atoms with van der Waals surface area (Å²) in [6, 6.07) is 7.87. The standard InChI is InChI=1S/C15H17BrFNO2/c1-3-13(18)15(14-5-4-9(2)19-14)20-12-7-10(16)6-11(17)8-12/h4-8,13,15H,3,18H2,1-2H3. The molecule has 108 valence electrons. The van der Waals surface area contributed by atoms with E-state index in [1.807, 2.05) is 26.0 Å². The Morgan fingerprint density at radius 2 is 2.10 bits per heavy atom. The third-order valence-corrected chi connectivity index (χ3v) is 3.46. The molecular weight excluding hydrogens is 325 g/mol. The summed E-state index contributed by atoms with van der Waals surface area (Å²) < 4.78 is 25.5. The van der Waals surface area contributed by atoms with Crippen LogP contribution in [0, 0.1) is 12.7 Å². The molecule has 0 fully saturated rings. The molecule has 0 saturated carbocycles. The summed E-state index contributed by atoms with van der Waals surface area (Å²) in [5.74, 6) is 1.49. The Hall–Kier alpha value is -1.33. The van der Waals surface area contributed by atoms with Crippen LogP contribution in [0.3, 0.4) is 0 Å². The van der Waals surface area contributed by atoms with Gasteiger partial charge in [0.15, 0.2) is 6.10 Å². The number of halogens is 2. The lowest BCUT2D eigenvalue weighted by molar-refractivity contribution is 0.143. The van der Waals surface area contributed by atoms with Gasteiger partial charge in [0.1, 0.15) is 23.1 Å². The first-order valence-corrected chi connectivity index (χ1v) is 7.23. The number of hydrogen-bond donors (Lipinski definition) is 1. The molecule has 0 amide bonds. The third-order valence-electron chi connectivity index (χ3n) is 3.00. The maximum absolute atomic E-state index is 13.4. The highest BCUT2D eigenvalue weighted by molar-refractivity contribution is 9.10. The molecule has 1 aromatic carbocycles. The van der Waals surface area contributed by atoms with E-state index in [1.165, 1.54) is 12.1 Å². The molecule has 2 aromatic rings. The number of ether oxygens (including phenoxy) is 1. The van der Waals surface area contributed by atoms with Crippen molar-refractivity contribution >= 4 is 15.9 Å². The number of aryl methyl sites for hydroxylation is 1. The molecule has 2 rings (SSSR count). The second-order valence-corrected chi connectivity index (χ2v) is 5.58. The highest BCUT2D eigenvalue weighted by Gasteiger charge is 2.24. The molecule has 3 nitrogen and oxygen atoms in total. The van der Waals surface area contributed by atoms with E-state index in [9.17, 15) is 4.39 Å². The molecule has 2 unspecified atom stereocenters. The van der Waals surface area contributed by atoms with Gasteiger partial charge in [-0.1, -0.05) is 22.9 Å². The summed E-state index contributed by atoms with van der Waals surface area (Å²) >= 11 is 3.24. The molecule has 0 bridgehead atoms. The zero-order valence-electron chi connectivity index (χ0n) is 11.4. The summed E-state index contributed by atoms with van der Waals surface area (Å²) in [7, 11) is 0. The van der Waals surface area contributed by atoms with Crippen LogP contribution < -0.4 is 10.5 Å². The average Bonchev–Trinajstić information content (AvgIpc) is 2.80. The van der Waals surface area contributed by atoms with Gasteiger partial charge < -0.3 is 14.9 Å². The first-order valence-electron chi connectivity index (χ1n) is 6.44. The Morgan fingerprint density at radius 3 is 2.65 bits per heavy atom. The molecule has 2 atom stereocenters. The molecule has 0 aliphatic carbocycles. The van der Waals surface area contributed by atoms with Crippen LogP contribution in [0.4, 0.5) is 4.39 Å². The fraction of sp³-hybridized carbons (Fsp3) is 0.333. The molecule has 0 radical (unpaired) electrons. The number of rotatable bonds is 5. The molecule has 0 spiro atoms. The van der Waals surface area contributed by atoms with Crippen molar-refractivity contribution in [3.8, 4) is 5.75 Å². The minimum Gasteiger partial charge on any atom is -0.481 e. The average molecular weight is 342 g/mol. The Kier molecular flexibility index (Phi) is 4.83. The van der Waals surface area contributed by atoms with Gasteiger partial charge in [0.2, 0.25) is 0 Å². The molecule has 5 heteroatoms. The highest BCUT2D eigenvalue weighted by Crippen LogP contribution is 2.29. The van der Waals surface area contributed by atoms with Gasteiger partial charge in [-0.05, 0) is 37.6 Å².